The summed E-state index contributed by atoms with van der Waals surface area (Å²) in [7, 11) is 4.09. The minimum atomic E-state index is 0.0268. The number of aryl methyl sites for hydroxylation is 1. The summed E-state index contributed by atoms with van der Waals surface area (Å²) < 4.78 is 3.13. The molecular weight excluding hydrogens is 316 g/mol. The van der Waals surface area contributed by atoms with Crippen molar-refractivity contribution in [2.75, 3.05) is 7.05 Å². The average Bonchev–Trinajstić information content (AvgIpc) is 2.77. The Bertz CT molecular complexity index is 565. The summed E-state index contributed by atoms with van der Waals surface area (Å²) in [5.41, 5.74) is 7.42. The molecular formula is C15H21BrN4. The fourth-order valence-corrected chi connectivity index (χ4v) is 3.03. The molecule has 0 aliphatic heterocycles. The van der Waals surface area contributed by atoms with Crippen molar-refractivity contribution < 1.29 is 0 Å². The van der Waals surface area contributed by atoms with Crippen LogP contribution < -0.4 is 5.73 Å². The van der Waals surface area contributed by atoms with Crippen LogP contribution in [0.25, 0.3) is 0 Å². The number of aromatic nitrogens is 2. The molecule has 0 saturated heterocycles. The van der Waals surface area contributed by atoms with Crippen LogP contribution in [0.2, 0.25) is 0 Å². The van der Waals surface area contributed by atoms with Crippen LogP contribution in [0.15, 0.2) is 41.1 Å². The molecule has 1 heterocycles. The molecule has 0 aliphatic rings. The first kappa shape index (κ1) is 15.2. The molecule has 4 nitrogen and oxygen atoms in total. The van der Waals surface area contributed by atoms with E-state index in [0.717, 1.165) is 16.8 Å². The molecule has 0 bridgehead atoms. The Balaban J connectivity index is 2.25. The third-order valence-corrected chi connectivity index (χ3v) is 4.23. The van der Waals surface area contributed by atoms with E-state index in [-0.39, 0.29) is 12.1 Å². The SMILES string of the molecule is CC(N)C(c1ccccc1Br)N(C)Cc1nccn1C. The Morgan fingerprint density at radius 2 is 2.10 bits per heavy atom. The van der Waals surface area contributed by atoms with Gasteiger partial charge in [-0.25, -0.2) is 4.98 Å². The lowest BCUT2D eigenvalue weighted by Crippen LogP contribution is -2.37. The molecule has 2 rings (SSSR count). The van der Waals surface area contributed by atoms with Crippen LogP contribution in [0.1, 0.15) is 24.4 Å². The van der Waals surface area contributed by atoms with Gasteiger partial charge in [0.2, 0.25) is 0 Å². The van der Waals surface area contributed by atoms with Crippen molar-refractivity contribution in [1.82, 2.24) is 14.5 Å². The van der Waals surface area contributed by atoms with Gasteiger partial charge in [-0.05, 0) is 25.6 Å². The Morgan fingerprint density at radius 1 is 1.40 bits per heavy atom. The van der Waals surface area contributed by atoms with E-state index in [9.17, 15) is 0 Å². The molecule has 0 amide bonds. The van der Waals surface area contributed by atoms with Crippen LogP contribution >= 0.6 is 15.9 Å². The van der Waals surface area contributed by atoms with E-state index in [0.29, 0.717) is 0 Å². The van der Waals surface area contributed by atoms with Gasteiger partial charge < -0.3 is 10.3 Å². The number of benzene rings is 1. The largest absolute Gasteiger partial charge is 0.337 e. The van der Waals surface area contributed by atoms with Gasteiger partial charge in [-0.3, -0.25) is 4.90 Å². The van der Waals surface area contributed by atoms with Crippen LogP contribution in [0.4, 0.5) is 0 Å². The zero-order valence-corrected chi connectivity index (χ0v) is 13.7. The number of likely N-dealkylation sites (N-methyl/N-ethyl adjacent to an activating group) is 1. The lowest BCUT2D eigenvalue weighted by Gasteiger charge is -2.32. The maximum Gasteiger partial charge on any atom is 0.122 e. The van der Waals surface area contributed by atoms with Crippen molar-refractivity contribution in [3.8, 4) is 0 Å². The average molecular weight is 337 g/mol. The summed E-state index contributed by atoms with van der Waals surface area (Å²) >= 11 is 3.62. The quantitative estimate of drug-likeness (QED) is 0.913. The van der Waals surface area contributed by atoms with Crippen molar-refractivity contribution in [3.05, 3.63) is 52.5 Å². The summed E-state index contributed by atoms with van der Waals surface area (Å²) in [5.74, 6) is 1.03. The Morgan fingerprint density at radius 3 is 2.65 bits per heavy atom. The summed E-state index contributed by atoms with van der Waals surface area (Å²) in [6.07, 6.45) is 3.78. The number of nitrogens with two attached hydrogens (primary N) is 1. The Labute approximate surface area is 128 Å². The summed E-state index contributed by atoms with van der Waals surface area (Å²) in [6.45, 7) is 2.80. The fourth-order valence-electron chi connectivity index (χ4n) is 2.51. The second-order valence-corrected chi connectivity index (χ2v) is 6.05. The molecule has 2 unspecified atom stereocenters. The van der Waals surface area contributed by atoms with E-state index in [2.05, 4.69) is 45.0 Å². The molecule has 2 N–H and O–H groups in total. The summed E-state index contributed by atoms with van der Waals surface area (Å²) in [6, 6.07) is 8.40. The predicted octanol–water partition coefficient (Wildman–Crippen LogP) is 2.70. The van der Waals surface area contributed by atoms with Gasteiger partial charge in [0.05, 0.1) is 12.6 Å². The monoisotopic (exact) mass is 336 g/mol. The van der Waals surface area contributed by atoms with Gasteiger partial charge in [-0.2, -0.15) is 0 Å². The first-order valence-corrected chi connectivity index (χ1v) is 7.46. The number of hydrogen-bond acceptors (Lipinski definition) is 3. The molecule has 2 atom stereocenters. The highest BCUT2D eigenvalue weighted by Crippen LogP contribution is 2.29. The molecule has 0 spiro atoms. The van der Waals surface area contributed by atoms with Gasteiger partial charge in [0, 0.05) is 30.0 Å². The number of nitrogens with zero attached hydrogens (tertiary/aromatic N) is 3. The number of hydrogen-bond donors (Lipinski definition) is 1. The third-order valence-electron chi connectivity index (χ3n) is 3.51. The van der Waals surface area contributed by atoms with Gasteiger partial charge in [0.15, 0.2) is 0 Å². The lowest BCUT2D eigenvalue weighted by molar-refractivity contribution is 0.203. The van der Waals surface area contributed by atoms with Gasteiger partial charge in [0.25, 0.3) is 0 Å². The third kappa shape index (κ3) is 3.29. The first-order chi connectivity index (χ1) is 9.50. The second kappa shape index (κ2) is 6.52. The van der Waals surface area contributed by atoms with Gasteiger partial charge >= 0.3 is 0 Å². The minimum absolute atomic E-state index is 0.0268. The van der Waals surface area contributed by atoms with Crippen molar-refractivity contribution in [3.63, 3.8) is 0 Å². The maximum atomic E-state index is 6.22. The predicted molar refractivity (Wildman–Crippen MR) is 85.2 cm³/mol. The molecule has 0 aliphatic carbocycles. The normalized spacial score (nSPS) is 14.5. The molecule has 0 saturated carbocycles. The van der Waals surface area contributed by atoms with Crippen LogP contribution in [-0.2, 0) is 13.6 Å². The Hall–Kier alpha value is -1.17. The molecule has 0 fully saturated rings. The van der Waals surface area contributed by atoms with Crippen LogP contribution in [0, 0.1) is 0 Å². The number of imidazole rings is 1. The highest BCUT2D eigenvalue weighted by atomic mass is 79.9. The standard InChI is InChI=1S/C15H21BrN4/c1-11(17)15(12-6-4-5-7-13(12)16)20(3)10-14-18-8-9-19(14)2/h4-9,11,15H,10,17H2,1-3H3. The topological polar surface area (TPSA) is 47.1 Å². The van der Waals surface area contributed by atoms with Crippen LogP contribution in [-0.4, -0.2) is 27.5 Å². The smallest absolute Gasteiger partial charge is 0.122 e. The van der Waals surface area contributed by atoms with E-state index in [1.54, 1.807) is 0 Å². The number of rotatable bonds is 5. The van der Waals surface area contributed by atoms with Crippen molar-refractivity contribution in [1.29, 1.82) is 0 Å². The molecule has 0 radical (unpaired) electrons. The highest BCUT2D eigenvalue weighted by molar-refractivity contribution is 9.10. The summed E-state index contributed by atoms with van der Waals surface area (Å²) in [4.78, 5) is 6.63. The van der Waals surface area contributed by atoms with Crippen molar-refractivity contribution in [2.45, 2.75) is 25.6 Å². The van der Waals surface area contributed by atoms with E-state index >= 15 is 0 Å². The van der Waals surface area contributed by atoms with E-state index in [4.69, 9.17) is 5.73 Å². The molecule has 2 aromatic rings. The van der Waals surface area contributed by atoms with Crippen molar-refractivity contribution in [2.24, 2.45) is 12.8 Å². The second-order valence-electron chi connectivity index (χ2n) is 5.19. The van der Waals surface area contributed by atoms with Crippen LogP contribution in [0.5, 0.6) is 0 Å². The molecule has 1 aromatic carbocycles. The molecule has 108 valence electrons. The molecule has 1 aromatic heterocycles. The van der Waals surface area contributed by atoms with Gasteiger partial charge in [-0.1, -0.05) is 34.1 Å². The zero-order chi connectivity index (χ0) is 14.7. The molecule has 5 heteroatoms. The van der Waals surface area contributed by atoms with Crippen molar-refractivity contribution >= 4 is 15.9 Å². The van der Waals surface area contributed by atoms with Gasteiger partial charge in [0.1, 0.15) is 5.82 Å². The highest BCUT2D eigenvalue weighted by Gasteiger charge is 2.23. The number of halogens is 1. The zero-order valence-electron chi connectivity index (χ0n) is 12.1. The van der Waals surface area contributed by atoms with E-state index in [1.165, 1.54) is 5.56 Å². The summed E-state index contributed by atoms with van der Waals surface area (Å²) in [5, 5.41) is 0. The van der Waals surface area contributed by atoms with Crippen LogP contribution in [0.3, 0.4) is 0 Å². The Kier molecular flexibility index (Phi) is 4.96. The fraction of sp³-hybridized carbons (Fsp3) is 0.400. The first-order valence-electron chi connectivity index (χ1n) is 6.67. The minimum Gasteiger partial charge on any atom is -0.337 e. The molecule has 20 heavy (non-hydrogen) atoms. The van der Waals surface area contributed by atoms with E-state index < -0.39 is 0 Å². The maximum absolute atomic E-state index is 6.22. The van der Waals surface area contributed by atoms with E-state index in [1.807, 2.05) is 43.1 Å². The van der Waals surface area contributed by atoms with Gasteiger partial charge in [-0.15, -0.1) is 0 Å². The lowest BCUT2D eigenvalue weighted by atomic mass is 9.99.